The molecule has 0 aliphatic rings. The maximum Gasteiger partial charge on any atom is -0.00268 e. The van der Waals surface area contributed by atoms with Crippen LogP contribution in [0.3, 0.4) is 0 Å². The van der Waals surface area contributed by atoms with E-state index in [1.54, 1.807) is 0 Å². The van der Waals surface area contributed by atoms with Gasteiger partial charge in [-0.15, -0.1) is 0 Å². The zero-order chi connectivity index (χ0) is 16.2. The normalized spacial score (nSPS) is 10.1. The predicted molar refractivity (Wildman–Crippen MR) is 114 cm³/mol. The highest BCUT2D eigenvalue weighted by atomic mass is 31.0. The monoisotopic (exact) mass is 340 g/mol. The Balaban J connectivity index is 0.00000182. The van der Waals surface area contributed by atoms with Gasteiger partial charge in [-0.1, -0.05) is 109 Å². The Morgan fingerprint density at radius 1 is 0.320 bits per heavy atom. The Bertz CT molecular complexity index is 872. The van der Waals surface area contributed by atoms with Crippen LogP contribution in [0.15, 0.2) is 109 Å². The molecule has 1 unspecified atom stereocenters. The van der Waals surface area contributed by atoms with Gasteiger partial charge in [0.2, 0.25) is 0 Å². The average molecular weight is 340 g/mol. The summed E-state index contributed by atoms with van der Waals surface area (Å²) in [4.78, 5) is 0. The van der Waals surface area contributed by atoms with Gasteiger partial charge in [-0.25, -0.2) is 0 Å². The molecule has 4 aromatic rings. The SMILES string of the molecule is P.c1ccc(-c2cccc(-c3ccccc3)c2-c2ccccc2)cc1. The highest BCUT2D eigenvalue weighted by molar-refractivity contribution is 6.92. The van der Waals surface area contributed by atoms with Crippen molar-refractivity contribution in [2.45, 2.75) is 0 Å². The summed E-state index contributed by atoms with van der Waals surface area (Å²) in [5.41, 5.74) is 7.56. The smallest absolute Gasteiger partial charge is 0.00268 e. The lowest BCUT2D eigenvalue weighted by Gasteiger charge is -2.16. The molecule has 1 heteroatoms. The Morgan fingerprint density at radius 3 is 1.08 bits per heavy atom. The largest absolute Gasteiger partial charge is 0.153 e. The van der Waals surface area contributed by atoms with E-state index in [-0.39, 0.29) is 9.90 Å². The van der Waals surface area contributed by atoms with Gasteiger partial charge in [-0.3, -0.25) is 0 Å². The van der Waals surface area contributed by atoms with Crippen molar-refractivity contribution < 1.29 is 0 Å². The first-order valence-electron chi connectivity index (χ1n) is 8.23. The topological polar surface area (TPSA) is 0 Å². The van der Waals surface area contributed by atoms with Crippen LogP contribution in [0.1, 0.15) is 0 Å². The van der Waals surface area contributed by atoms with Gasteiger partial charge >= 0.3 is 0 Å². The third-order valence-corrected chi connectivity index (χ3v) is 4.30. The van der Waals surface area contributed by atoms with Crippen molar-refractivity contribution in [1.29, 1.82) is 0 Å². The van der Waals surface area contributed by atoms with E-state index in [2.05, 4.69) is 109 Å². The molecule has 0 saturated heterocycles. The van der Waals surface area contributed by atoms with Crippen molar-refractivity contribution in [2.75, 3.05) is 0 Å². The Kier molecular flexibility index (Phi) is 5.43. The molecule has 0 aliphatic heterocycles. The molecule has 4 aromatic carbocycles. The second kappa shape index (κ2) is 7.92. The van der Waals surface area contributed by atoms with Gasteiger partial charge in [0.25, 0.3) is 0 Å². The molecule has 0 nitrogen and oxygen atoms in total. The minimum atomic E-state index is 0. The lowest BCUT2D eigenvalue weighted by Crippen LogP contribution is -1.90. The second-order valence-electron chi connectivity index (χ2n) is 5.83. The molecule has 0 bridgehead atoms. The third kappa shape index (κ3) is 3.55. The van der Waals surface area contributed by atoms with E-state index >= 15 is 0 Å². The van der Waals surface area contributed by atoms with Crippen LogP contribution < -0.4 is 0 Å². The van der Waals surface area contributed by atoms with Crippen molar-refractivity contribution in [3.8, 4) is 33.4 Å². The van der Waals surface area contributed by atoms with E-state index in [4.69, 9.17) is 0 Å². The molecule has 0 radical (unpaired) electrons. The van der Waals surface area contributed by atoms with Crippen LogP contribution in [0.25, 0.3) is 33.4 Å². The third-order valence-electron chi connectivity index (χ3n) is 4.30. The molecule has 0 fully saturated rings. The number of benzene rings is 4. The first-order valence-corrected chi connectivity index (χ1v) is 8.23. The van der Waals surface area contributed by atoms with E-state index in [1.807, 2.05) is 0 Å². The lowest BCUT2D eigenvalue weighted by molar-refractivity contribution is 1.56. The van der Waals surface area contributed by atoms with Crippen molar-refractivity contribution in [3.63, 3.8) is 0 Å². The lowest BCUT2D eigenvalue weighted by atomic mass is 9.88. The Hall–Kier alpha value is -2.69. The zero-order valence-corrected chi connectivity index (χ0v) is 15.5. The van der Waals surface area contributed by atoms with E-state index in [0.29, 0.717) is 0 Å². The molecule has 0 N–H and O–H groups in total. The molecule has 0 heterocycles. The van der Waals surface area contributed by atoms with Gasteiger partial charge < -0.3 is 0 Å². The zero-order valence-electron chi connectivity index (χ0n) is 14.1. The summed E-state index contributed by atoms with van der Waals surface area (Å²) in [6.45, 7) is 0. The molecule has 4 rings (SSSR count). The first-order chi connectivity index (χ1) is 11.9. The number of hydrogen-bond donors (Lipinski definition) is 0. The molecule has 0 aromatic heterocycles. The van der Waals surface area contributed by atoms with Gasteiger partial charge in [0.05, 0.1) is 0 Å². The maximum absolute atomic E-state index is 2.21. The van der Waals surface area contributed by atoms with E-state index < -0.39 is 0 Å². The number of rotatable bonds is 3. The van der Waals surface area contributed by atoms with Crippen LogP contribution in [-0.2, 0) is 0 Å². The standard InChI is InChI=1S/C24H18.H3P/c1-4-11-19(12-5-1)22-17-10-18-23(20-13-6-2-7-14-20)24(22)21-15-8-3-9-16-21;/h1-18H;1H3. The number of hydrogen-bond acceptors (Lipinski definition) is 0. The van der Waals surface area contributed by atoms with Gasteiger partial charge in [-0.2, -0.15) is 9.90 Å². The summed E-state index contributed by atoms with van der Waals surface area (Å²) in [6.07, 6.45) is 0. The second-order valence-corrected chi connectivity index (χ2v) is 5.83. The molecule has 0 aliphatic carbocycles. The van der Waals surface area contributed by atoms with Crippen molar-refractivity contribution in [3.05, 3.63) is 109 Å². The summed E-state index contributed by atoms with van der Waals surface area (Å²) in [6, 6.07) is 38.4. The van der Waals surface area contributed by atoms with Crippen molar-refractivity contribution >= 4 is 9.90 Å². The van der Waals surface area contributed by atoms with Gasteiger partial charge in [0, 0.05) is 0 Å². The highest BCUT2D eigenvalue weighted by Crippen LogP contribution is 2.39. The molecule has 122 valence electrons. The molecule has 25 heavy (non-hydrogen) atoms. The van der Waals surface area contributed by atoms with Crippen LogP contribution in [0, 0.1) is 0 Å². The molecule has 0 saturated carbocycles. The van der Waals surface area contributed by atoms with Gasteiger partial charge in [0.15, 0.2) is 0 Å². The summed E-state index contributed by atoms with van der Waals surface area (Å²) in [7, 11) is 0. The molecular formula is C24H21P. The predicted octanol–water partition coefficient (Wildman–Crippen LogP) is 6.75. The highest BCUT2D eigenvalue weighted by Gasteiger charge is 2.13. The van der Waals surface area contributed by atoms with Crippen LogP contribution in [0.4, 0.5) is 0 Å². The minimum Gasteiger partial charge on any atom is -0.153 e. The fraction of sp³-hybridized carbons (Fsp3) is 0. The van der Waals surface area contributed by atoms with Crippen LogP contribution in [0.5, 0.6) is 0 Å². The van der Waals surface area contributed by atoms with Crippen LogP contribution in [0.2, 0.25) is 0 Å². The van der Waals surface area contributed by atoms with Gasteiger partial charge in [0.1, 0.15) is 0 Å². The summed E-state index contributed by atoms with van der Waals surface area (Å²) < 4.78 is 0. The summed E-state index contributed by atoms with van der Waals surface area (Å²) in [5.74, 6) is 0. The summed E-state index contributed by atoms with van der Waals surface area (Å²) >= 11 is 0. The molecular weight excluding hydrogens is 319 g/mol. The van der Waals surface area contributed by atoms with E-state index in [9.17, 15) is 0 Å². The fourth-order valence-corrected chi connectivity index (χ4v) is 3.18. The van der Waals surface area contributed by atoms with E-state index in [0.717, 1.165) is 0 Å². The van der Waals surface area contributed by atoms with Crippen LogP contribution in [-0.4, -0.2) is 0 Å². The Morgan fingerprint density at radius 2 is 0.680 bits per heavy atom. The maximum atomic E-state index is 2.21. The molecule has 1 atom stereocenters. The van der Waals surface area contributed by atoms with E-state index in [1.165, 1.54) is 33.4 Å². The quantitative estimate of drug-likeness (QED) is 0.362. The Labute approximate surface area is 152 Å². The molecule has 0 spiro atoms. The molecule has 0 amide bonds. The minimum absolute atomic E-state index is 0. The average Bonchev–Trinajstić information content (AvgIpc) is 2.69. The first kappa shape index (κ1) is 17.1. The van der Waals surface area contributed by atoms with Crippen molar-refractivity contribution in [2.24, 2.45) is 0 Å². The van der Waals surface area contributed by atoms with Crippen LogP contribution >= 0.6 is 9.90 Å². The summed E-state index contributed by atoms with van der Waals surface area (Å²) in [5, 5.41) is 0. The van der Waals surface area contributed by atoms with Gasteiger partial charge in [-0.05, 0) is 33.4 Å². The fourth-order valence-electron chi connectivity index (χ4n) is 3.18. The van der Waals surface area contributed by atoms with Crippen molar-refractivity contribution in [1.82, 2.24) is 0 Å².